The van der Waals surface area contributed by atoms with E-state index in [4.69, 9.17) is 9.47 Å². The molecule has 0 spiro atoms. The van der Waals surface area contributed by atoms with Gasteiger partial charge in [-0.3, -0.25) is 9.89 Å². The minimum Gasteiger partial charge on any atom is -0.491 e. The number of morpholine rings is 1. The van der Waals surface area contributed by atoms with Crippen LogP contribution in [-0.4, -0.2) is 52.4 Å². The number of hydrogen-bond acceptors (Lipinski definition) is 4. The van der Waals surface area contributed by atoms with Gasteiger partial charge >= 0.3 is 0 Å². The van der Waals surface area contributed by atoms with E-state index in [1.54, 1.807) is 0 Å². The lowest BCUT2D eigenvalue weighted by molar-refractivity contribution is -0.165. The van der Waals surface area contributed by atoms with E-state index in [0.29, 0.717) is 26.1 Å². The number of carbonyl (C=O) groups excluding carboxylic acids is 1. The third-order valence-electron chi connectivity index (χ3n) is 4.62. The van der Waals surface area contributed by atoms with Crippen LogP contribution < -0.4 is 4.74 Å². The third kappa shape index (κ3) is 4.43. The highest BCUT2D eigenvalue weighted by Crippen LogP contribution is 2.23. The predicted octanol–water partition coefficient (Wildman–Crippen LogP) is 2.65. The van der Waals surface area contributed by atoms with E-state index >= 15 is 0 Å². The number of H-pyrrole nitrogens is 1. The first-order valence-electron chi connectivity index (χ1n) is 8.98. The van der Waals surface area contributed by atoms with Crippen LogP contribution in [0.4, 0.5) is 0 Å². The van der Waals surface area contributed by atoms with E-state index < -0.39 is 5.60 Å². The van der Waals surface area contributed by atoms with Crippen molar-refractivity contribution in [2.45, 2.75) is 45.8 Å². The van der Waals surface area contributed by atoms with Crippen molar-refractivity contribution in [1.82, 2.24) is 15.1 Å². The van der Waals surface area contributed by atoms with Gasteiger partial charge in [-0.25, -0.2) is 0 Å². The summed E-state index contributed by atoms with van der Waals surface area (Å²) < 4.78 is 12.0. The molecule has 1 aliphatic rings. The van der Waals surface area contributed by atoms with Crippen LogP contribution in [0.25, 0.3) is 0 Å². The van der Waals surface area contributed by atoms with E-state index in [1.165, 1.54) is 0 Å². The molecule has 1 N–H and O–H groups in total. The molecule has 6 nitrogen and oxygen atoms in total. The molecule has 3 rings (SSSR count). The molecule has 2 aromatic rings. The number of rotatable bonds is 5. The fourth-order valence-electron chi connectivity index (χ4n) is 3.38. The van der Waals surface area contributed by atoms with E-state index in [0.717, 1.165) is 22.7 Å². The van der Waals surface area contributed by atoms with Crippen molar-refractivity contribution in [3.05, 3.63) is 47.3 Å². The van der Waals surface area contributed by atoms with Crippen LogP contribution in [0.3, 0.4) is 0 Å². The molecule has 1 amide bonds. The molecule has 1 aromatic heterocycles. The average molecular weight is 357 g/mol. The summed E-state index contributed by atoms with van der Waals surface area (Å²) in [7, 11) is 0. The third-order valence-corrected chi connectivity index (χ3v) is 4.62. The number of carbonyl (C=O) groups is 1. The summed E-state index contributed by atoms with van der Waals surface area (Å²) in [4.78, 5) is 14.7. The Balaban J connectivity index is 1.64. The van der Waals surface area contributed by atoms with E-state index in [-0.39, 0.29) is 12.0 Å². The summed E-state index contributed by atoms with van der Waals surface area (Å²) in [6.07, 6.45) is 0.200. The van der Waals surface area contributed by atoms with Crippen molar-refractivity contribution in [2.24, 2.45) is 0 Å². The lowest BCUT2D eigenvalue weighted by Gasteiger charge is -2.42. The Bertz CT molecular complexity index is 735. The molecule has 0 aliphatic carbocycles. The molecule has 0 bridgehead atoms. The molecule has 26 heavy (non-hydrogen) atoms. The van der Waals surface area contributed by atoms with Gasteiger partial charge in [-0.1, -0.05) is 18.2 Å². The number of aryl methyl sites for hydroxylation is 2. The van der Waals surface area contributed by atoms with Crippen LogP contribution in [0.1, 0.15) is 30.8 Å². The number of aromatic nitrogens is 2. The highest BCUT2D eigenvalue weighted by atomic mass is 16.5. The molecular weight excluding hydrogens is 330 g/mol. The van der Waals surface area contributed by atoms with E-state index in [1.807, 2.05) is 62.9 Å². The van der Waals surface area contributed by atoms with Crippen molar-refractivity contribution >= 4 is 5.91 Å². The second-order valence-corrected chi connectivity index (χ2v) is 7.49. The molecule has 0 saturated carbocycles. The van der Waals surface area contributed by atoms with Crippen LogP contribution in [0.15, 0.2) is 30.3 Å². The molecule has 2 heterocycles. The number of benzene rings is 1. The van der Waals surface area contributed by atoms with Crippen molar-refractivity contribution in [3.8, 4) is 5.75 Å². The van der Waals surface area contributed by atoms with Gasteiger partial charge < -0.3 is 14.4 Å². The molecule has 1 saturated heterocycles. The van der Waals surface area contributed by atoms with Gasteiger partial charge in [-0.2, -0.15) is 5.10 Å². The van der Waals surface area contributed by atoms with Crippen LogP contribution in [0.2, 0.25) is 0 Å². The number of aromatic amines is 1. The minimum absolute atomic E-state index is 0.0960. The summed E-state index contributed by atoms with van der Waals surface area (Å²) in [6, 6.07) is 9.66. The largest absolute Gasteiger partial charge is 0.491 e. The number of nitrogens with zero attached hydrogens (tertiary/aromatic N) is 2. The molecule has 1 fully saturated rings. The van der Waals surface area contributed by atoms with Crippen LogP contribution in [0, 0.1) is 13.8 Å². The van der Waals surface area contributed by atoms with Crippen molar-refractivity contribution in [2.75, 3.05) is 19.7 Å². The van der Waals surface area contributed by atoms with Gasteiger partial charge in [0.1, 0.15) is 18.5 Å². The summed E-state index contributed by atoms with van der Waals surface area (Å²) in [5, 5.41) is 7.12. The molecule has 1 aliphatic heterocycles. The number of amides is 1. The molecule has 1 aromatic carbocycles. The number of para-hydroxylation sites is 1. The first kappa shape index (κ1) is 18.5. The molecule has 6 heteroatoms. The first-order valence-corrected chi connectivity index (χ1v) is 8.98. The van der Waals surface area contributed by atoms with Crippen molar-refractivity contribution in [1.29, 1.82) is 0 Å². The Morgan fingerprint density at radius 3 is 2.73 bits per heavy atom. The zero-order chi connectivity index (χ0) is 18.7. The second kappa shape index (κ2) is 7.50. The average Bonchev–Trinajstić information content (AvgIpc) is 2.91. The summed E-state index contributed by atoms with van der Waals surface area (Å²) in [6.45, 7) is 9.41. The van der Waals surface area contributed by atoms with Gasteiger partial charge in [0.15, 0.2) is 0 Å². The zero-order valence-corrected chi connectivity index (χ0v) is 15.9. The Hall–Kier alpha value is -2.34. The van der Waals surface area contributed by atoms with Gasteiger partial charge in [0.2, 0.25) is 5.91 Å². The normalized spacial score (nSPS) is 19.4. The first-order chi connectivity index (χ1) is 12.3. The molecule has 140 valence electrons. The standard InChI is InChI=1S/C20H27N3O3/c1-14-18(15(2)22-21-14)10-19(24)23-11-17(26-20(3,4)13-23)12-25-16-8-6-5-7-9-16/h5-9,17H,10-13H2,1-4H3,(H,21,22)/t17-/m1/s1. The minimum atomic E-state index is -0.404. The van der Waals surface area contributed by atoms with Crippen molar-refractivity contribution < 1.29 is 14.3 Å². The maximum absolute atomic E-state index is 12.9. The second-order valence-electron chi connectivity index (χ2n) is 7.49. The quantitative estimate of drug-likeness (QED) is 0.893. The maximum atomic E-state index is 12.9. The highest BCUT2D eigenvalue weighted by Gasteiger charge is 2.36. The fraction of sp³-hybridized carbons (Fsp3) is 0.500. The Labute approximate surface area is 154 Å². The molecule has 0 radical (unpaired) electrons. The zero-order valence-electron chi connectivity index (χ0n) is 15.9. The number of hydrogen-bond donors (Lipinski definition) is 1. The smallest absolute Gasteiger partial charge is 0.227 e. The highest BCUT2D eigenvalue weighted by molar-refractivity contribution is 5.79. The molecule has 0 unspecified atom stereocenters. The predicted molar refractivity (Wildman–Crippen MR) is 99.2 cm³/mol. The lowest BCUT2D eigenvalue weighted by atomic mass is 10.0. The molecular formula is C20H27N3O3. The van der Waals surface area contributed by atoms with Crippen molar-refractivity contribution in [3.63, 3.8) is 0 Å². The van der Waals surface area contributed by atoms with Gasteiger partial charge in [0.25, 0.3) is 0 Å². The van der Waals surface area contributed by atoms with Crippen LogP contribution >= 0.6 is 0 Å². The monoisotopic (exact) mass is 357 g/mol. The van der Waals surface area contributed by atoms with Crippen LogP contribution in [-0.2, 0) is 16.0 Å². The van der Waals surface area contributed by atoms with E-state index in [9.17, 15) is 4.79 Å². The number of nitrogens with one attached hydrogen (secondary N) is 1. The number of ether oxygens (including phenoxy) is 2. The van der Waals surface area contributed by atoms with Gasteiger partial charge in [0, 0.05) is 17.8 Å². The lowest BCUT2D eigenvalue weighted by Crippen LogP contribution is -2.56. The summed E-state index contributed by atoms with van der Waals surface area (Å²) >= 11 is 0. The van der Waals surface area contributed by atoms with E-state index in [2.05, 4.69) is 10.2 Å². The van der Waals surface area contributed by atoms with Gasteiger partial charge in [0.05, 0.1) is 24.3 Å². The molecule has 1 atom stereocenters. The topological polar surface area (TPSA) is 67.5 Å². The SMILES string of the molecule is Cc1n[nH]c(C)c1CC(=O)N1C[C@H](COc2ccccc2)OC(C)(C)C1. The Morgan fingerprint density at radius 2 is 2.08 bits per heavy atom. The summed E-state index contributed by atoms with van der Waals surface area (Å²) in [5.74, 6) is 0.903. The Kier molecular flexibility index (Phi) is 5.32. The Morgan fingerprint density at radius 1 is 1.35 bits per heavy atom. The fourth-order valence-corrected chi connectivity index (χ4v) is 3.38. The van der Waals surface area contributed by atoms with Crippen LogP contribution in [0.5, 0.6) is 5.75 Å². The van der Waals surface area contributed by atoms with Gasteiger partial charge in [-0.05, 0) is 39.8 Å². The summed E-state index contributed by atoms with van der Waals surface area (Å²) in [5.41, 5.74) is 2.41. The van der Waals surface area contributed by atoms with Gasteiger partial charge in [-0.15, -0.1) is 0 Å². The maximum Gasteiger partial charge on any atom is 0.227 e.